The van der Waals surface area contributed by atoms with Gasteiger partial charge in [0.15, 0.2) is 0 Å². The van der Waals surface area contributed by atoms with E-state index in [-0.39, 0.29) is 19.2 Å². The zero-order chi connectivity index (χ0) is 15.8. The van der Waals surface area contributed by atoms with Crippen molar-refractivity contribution >= 4 is 11.7 Å². The maximum Gasteiger partial charge on any atom is 0.319 e. The van der Waals surface area contributed by atoms with E-state index >= 15 is 0 Å². The molecule has 0 bridgehead atoms. The summed E-state index contributed by atoms with van der Waals surface area (Å²) in [5.41, 5.74) is 2.70. The van der Waals surface area contributed by atoms with Crippen LogP contribution in [0.4, 0.5) is 10.5 Å². The van der Waals surface area contributed by atoms with E-state index in [0.29, 0.717) is 18.0 Å². The van der Waals surface area contributed by atoms with Gasteiger partial charge < -0.3 is 20.5 Å². The van der Waals surface area contributed by atoms with E-state index in [9.17, 15) is 4.79 Å². The van der Waals surface area contributed by atoms with E-state index in [1.165, 1.54) is 0 Å². The van der Waals surface area contributed by atoms with Gasteiger partial charge in [0.2, 0.25) is 0 Å². The van der Waals surface area contributed by atoms with Crippen molar-refractivity contribution in [2.45, 2.75) is 13.5 Å². The van der Waals surface area contributed by atoms with Crippen molar-refractivity contribution in [3.05, 3.63) is 59.7 Å². The van der Waals surface area contributed by atoms with Crippen LogP contribution < -0.4 is 15.4 Å². The van der Waals surface area contributed by atoms with Gasteiger partial charge in [-0.05, 0) is 30.2 Å². The summed E-state index contributed by atoms with van der Waals surface area (Å²) in [6.07, 6.45) is 0. The second-order valence-electron chi connectivity index (χ2n) is 4.88. The number of rotatable bonds is 6. The monoisotopic (exact) mass is 300 g/mol. The Morgan fingerprint density at radius 2 is 1.95 bits per heavy atom. The summed E-state index contributed by atoms with van der Waals surface area (Å²) in [4.78, 5) is 11.7. The van der Waals surface area contributed by atoms with Crippen molar-refractivity contribution in [1.29, 1.82) is 0 Å². The fourth-order valence-electron chi connectivity index (χ4n) is 1.92. The molecule has 2 amide bonds. The molecule has 0 radical (unpaired) electrons. The van der Waals surface area contributed by atoms with E-state index in [0.717, 1.165) is 11.1 Å². The van der Waals surface area contributed by atoms with Crippen LogP contribution in [0.3, 0.4) is 0 Å². The van der Waals surface area contributed by atoms with Crippen molar-refractivity contribution in [3.8, 4) is 5.75 Å². The SMILES string of the molecule is Cc1ccc(NC(=O)NCCO)c(OCc2ccccc2)c1. The van der Waals surface area contributed by atoms with Crippen LogP contribution in [0.25, 0.3) is 0 Å². The highest BCUT2D eigenvalue weighted by Crippen LogP contribution is 2.26. The zero-order valence-electron chi connectivity index (χ0n) is 12.5. The number of amides is 2. The first-order chi connectivity index (χ1) is 10.7. The summed E-state index contributed by atoms with van der Waals surface area (Å²) in [6.45, 7) is 2.50. The highest BCUT2D eigenvalue weighted by molar-refractivity contribution is 5.90. The summed E-state index contributed by atoms with van der Waals surface area (Å²) in [6, 6.07) is 15.0. The number of carbonyl (C=O) groups is 1. The normalized spacial score (nSPS) is 10.1. The van der Waals surface area contributed by atoms with Crippen LogP contribution >= 0.6 is 0 Å². The number of urea groups is 1. The lowest BCUT2D eigenvalue weighted by Gasteiger charge is -2.14. The molecule has 22 heavy (non-hydrogen) atoms. The van der Waals surface area contributed by atoms with Gasteiger partial charge in [0, 0.05) is 6.54 Å². The second-order valence-corrected chi connectivity index (χ2v) is 4.88. The average molecular weight is 300 g/mol. The lowest BCUT2D eigenvalue weighted by atomic mass is 10.2. The molecule has 5 nitrogen and oxygen atoms in total. The third-order valence-electron chi connectivity index (χ3n) is 3.02. The smallest absolute Gasteiger partial charge is 0.319 e. The molecule has 0 aliphatic heterocycles. The van der Waals surface area contributed by atoms with Crippen molar-refractivity contribution in [2.24, 2.45) is 0 Å². The van der Waals surface area contributed by atoms with Crippen LogP contribution in [0.1, 0.15) is 11.1 Å². The Morgan fingerprint density at radius 1 is 1.18 bits per heavy atom. The molecule has 5 heteroatoms. The topological polar surface area (TPSA) is 70.6 Å². The Hall–Kier alpha value is -2.53. The summed E-state index contributed by atoms with van der Waals surface area (Å²) >= 11 is 0. The number of ether oxygens (including phenoxy) is 1. The van der Waals surface area contributed by atoms with E-state index in [1.54, 1.807) is 6.07 Å². The molecule has 0 saturated heterocycles. The molecule has 0 heterocycles. The number of hydrogen-bond acceptors (Lipinski definition) is 3. The molecule has 0 aliphatic carbocycles. The van der Waals surface area contributed by atoms with Crippen molar-refractivity contribution in [3.63, 3.8) is 0 Å². The van der Waals surface area contributed by atoms with Gasteiger partial charge in [-0.1, -0.05) is 36.4 Å². The summed E-state index contributed by atoms with van der Waals surface area (Å²) in [7, 11) is 0. The van der Waals surface area contributed by atoms with Crippen LogP contribution in [0.15, 0.2) is 48.5 Å². The Labute approximate surface area is 129 Å². The van der Waals surface area contributed by atoms with Gasteiger partial charge in [0.05, 0.1) is 12.3 Å². The standard InChI is InChI=1S/C17H20N2O3/c1-13-7-8-15(19-17(21)18-9-10-20)16(11-13)22-12-14-5-3-2-4-6-14/h2-8,11,20H,9-10,12H2,1H3,(H2,18,19,21). The zero-order valence-corrected chi connectivity index (χ0v) is 12.5. The highest BCUT2D eigenvalue weighted by atomic mass is 16.5. The van der Waals surface area contributed by atoms with Gasteiger partial charge in [0.25, 0.3) is 0 Å². The fraction of sp³-hybridized carbons (Fsp3) is 0.235. The largest absolute Gasteiger partial charge is 0.487 e. The molecule has 0 unspecified atom stereocenters. The van der Waals surface area contributed by atoms with E-state index in [2.05, 4.69) is 10.6 Å². The molecule has 0 fully saturated rings. The maximum absolute atomic E-state index is 11.7. The minimum Gasteiger partial charge on any atom is -0.487 e. The molecular weight excluding hydrogens is 280 g/mol. The molecule has 0 saturated carbocycles. The average Bonchev–Trinajstić information content (AvgIpc) is 2.54. The van der Waals surface area contributed by atoms with Crippen molar-refractivity contribution in [2.75, 3.05) is 18.5 Å². The first-order valence-corrected chi connectivity index (χ1v) is 7.12. The van der Waals surface area contributed by atoms with Crippen LogP contribution in [0, 0.1) is 6.92 Å². The molecular formula is C17H20N2O3. The van der Waals surface area contributed by atoms with Crippen molar-refractivity contribution in [1.82, 2.24) is 5.32 Å². The number of anilines is 1. The Kier molecular flexibility index (Phi) is 5.80. The molecule has 0 aromatic heterocycles. The second kappa shape index (κ2) is 8.05. The number of carbonyl (C=O) groups excluding carboxylic acids is 1. The van der Waals surface area contributed by atoms with E-state index in [4.69, 9.17) is 9.84 Å². The summed E-state index contributed by atoms with van der Waals surface area (Å²) in [5, 5.41) is 14.0. The number of aliphatic hydroxyl groups is 1. The number of nitrogens with one attached hydrogen (secondary N) is 2. The van der Waals surface area contributed by atoms with E-state index in [1.807, 2.05) is 49.4 Å². The molecule has 116 valence electrons. The molecule has 3 N–H and O–H groups in total. The minimum absolute atomic E-state index is 0.0985. The fourth-order valence-corrected chi connectivity index (χ4v) is 1.92. The highest BCUT2D eigenvalue weighted by Gasteiger charge is 2.08. The summed E-state index contributed by atoms with van der Waals surface area (Å²) in [5.74, 6) is 0.614. The number of hydrogen-bond donors (Lipinski definition) is 3. The number of aliphatic hydroxyl groups excluding tert-OH is 1. The van der Waals surface area contributed by atoms with Gasteiger partial charge in [-0.3, -0.25) is 0 Å². The predicted octanol–water partition coefficient (Wildman–Crippen LogP) is 2.69. The van der Waals surface area contributed by atoms with Gasteiger partial charge in [0.1, 0.15) is 12.4 Å². The first-order valence-electron chi connectivity index (χ1n) is 7.12. The van der Waals surface area contributed by atoms with E-state index < -0.39 is 0 Å². The molecule has 0 spiro atoms. The van der Waals surface area contributed by atoms with Crippen LogP contribution in [0.2, 0.25) is 0 Å². The number of aryl methyl sites for hydroxylation is 1. The van der Waals surface area contributed by atoms with Crippen LogP contribution in [-0.2, 0) is 6.61 Å². The third kappa shape index (κ3) is 4.79. The maximum atomic E-state index is 11.7. The lowest BCUT2D eigenvalue weighted by Crippen LogP contribution is -2.31. The van der Waals surface area contributed by atoms with Gasteiger partial charge in [-0.15, -0.1) is 0 Å². The van der Waals surface area contributed by atoms with Crippen molar-refractivity contribution < 1.29 is 14.6 Å². The molecule has 2 aromatic carbocycles. The minimum atomic E-state index is -0.373. The number of benzene rings is 2. The Bertz CT molecular complexity index is 615. The predicted molar refractivity (Wildman–Crippen MR) is 86.1 cm³/mol. The molecule has 2 rings (SSSR count). The Morgan fingerprint density at radius 3 is 2.68 bits per heavy atom. The third-order valence-corrected chi connectivity index (χ3v) is 3.02. The van der Waals surface area contributed by atoms with Crippen LogP contribution in [-0.4, -0.2) is 24.3 Å². The first kappa shape index (κ1) is 15.9. The van der Waals surface area contributed by atoms with Gasteiger partial charge >= 0.3 is 6.03 Å². The van der Waals surface area contributed by atoms with Crippen LogP contribution in [0.5, 0.6) is 5.75 Å². The quantitative estimate of drug-likeness (QED) is 0.768. The lowest BCUT2D eigenvalue weighted by molar-refractivity contribution is 0.244. The Balaban J connectivity index is 2.05. The van der Waals surface area contributed by atoms with Gasteiger partial charge in [-0.25, -0.2) is 4.79 Å². The molecule has 0 atom stereocenters. The molecule has 2 aromatic rings. The van der Waals surface area contributed by atoms with Gasteiger partial charge in [-0.2, -0.15) is 0 Å². The summed E-state index contributed by atoms with van der Waals surface area (Å²) < 4.78 is 5.82. The molecule has 0 aliphatic rings.